The Labute approximate surface area is 103 Å². The first-order valence-electron chi connectivity index (χ1n) is 6.98. The minimum absolute atomic E-state index is 0.648. The van der Waals surface area contributed by atoms with Crippen LogP contribution in [0.1, 0.15) is 62.6 Å². The van der Waals surface area contributed by atoms with Crippen molar-refractivity contribution in [2.24, 2.45) is 0 Å². The summed E-state index contributed by atoms with van der Waals surface area (Å²) >= 11 is 0. The summed E-state index contributed by atoms with van der Waals surface area (Å²) in [5.41, 5.74) is 0. The molecule has 2 fully saturated rings. The van der Waals surface area contributed by atoms with Gasteiger partial charge in [0, 0.05) is 12.1 Å². The van der Waals surface area contributed by atoms with E-state index < -0.39 is 0 Å². The molecule has 0 amide bonds. The van der Waals surface area contributed by atoms with Crippen LogP contribution in [0.2, 0.25) is 0 Å². The molecular weight excluding hydrogens is 212 g/mol. The van der Waals surface area contributed by atoms with Crippen LogP contribution in [0.3, 0.4) is 0 Å². The molecule has 0 unspecified atom stereocenters. The van der Waals surface area contributed by atoms with Crippen molar-refractivity contribution in [1.82, 2.24) is 20.1 Å². The molecule has 1 aromatic rings. The summed E-state index contributed by atoms with van der Waals surface area (Å²) in [6.45, 7) is 2.98. The third-order valence-corrected chi connectivity index (χ3v) is 4.00. The molecule has 0 bridgehead atoms. The summed E-state index contributed by atoms with van der Waals surface area (Å²) < 4.78 is 2.38. The largest absolute Gasteiger partial charge is 0.311 e. The average Bonchev–Trinajstić information content (AvgIpc) is 3.11. The van der Waals surface area contributed by atoms with E-state index in [-0.39, 0.29) is 0 Å². The molecule has 2 aliphatic carbocycles. The second kappa shape index (κ2) is 4.77. The molecule has 94 valence electrons. The van der Waals surface area contributed by atoms with Gasteiger partial charge in [0.25, 0.3) is 0 Å². The lowest BCUT2D eigenvalue weighted by atomic mass is 9.95. The van der Waals surface area contributed by atoms with E-state index in [9.17, 15) is 0 Å². The predicted octanol–water partition coefficient (Wildman–Crippen LogP) is 2.34. The lowest BCUT2D eigenvalue weighted by Gasteiger charge is -2.25. The summed E-state index contributed by atoms with van der Waals surface area (Å²) in [4.78, 5) is 0. The van der Waals surface area contributed by atoms with Gasteiger partial charge in [-0.2, -0.15) is 0 Å². The molecule has 4 nitrogen and oxygen atoms in total. The minimum atomic E-state index is 0.648. The maximum absolute atomic E-state index is 4.34. The second-order valence-electron chi connectivity index (χ2n) is 5.48. The van der Waals surface area contributed by atoms with Crippen molar-refractivity contribution in [3.05, 3.63) is 11.6 Å². The third kappa shape index (κ3) is 2.51. The van der Waals surface area contributed by atoms with Gasteiger partial charge in [0.2, 0.25) is 0 Å². The number of hydrogen-bond donors (Lipinski definition) is 1. The topological polar surface area (TPSA) is 42.7 Å². The van der Waals surface area contributed by atoms with Crippen molar-refractivity contribution < 1.29 is 0 Å². The molecule has 1 N–H and O–H groups in total. The van der Waals surface area contributed by atoms with Crippen LogP contribution in [0, 0.1) is 6.92 Å². The van der Waals surface area contributed by atoms with E-state index >= 15 is 0 Å². The molecule has 1 heterocycles. The standard InChI is InChI=1S/C13H22N4/c1-10-15-16-13(9-14-11-7-8-11)17(10)12-5-3-2-4-6-12/h11-12,14H,2-9H2,1H3. The van der Waals surface area contributed by atoms with Gasteiger partial charge in [0.05, 0.1) is 6.54 Å². The van der Waals surface area contributed by atoms with Crippen LogP contribution < -0.4 is 5.32 Å². The summed E-state index contributed by atoms with van der Waals surface area (Å²) in [5, 5.41) is 12.1. The minimum Gasteiger partial charge on any atom is -0.311 e. The maximum Gasteiger partial charge on any atom is 0.147 e. The third-order valence-electron chi connectivity index (χ3n) is 4.00. The Morgan fingerprint density at radius 3 is 2.59 bits per heavy atom. The molecule has 0 aromatic carbocycles. The van der Waals surface area contributed by atoms with Crippen LogP contribution in [-0.4, -0.2) is 20.8 Å². The smallest absolute Gasteiger partial charge is 0.147 e. The zero-order valence-electron chi connectivity index (χ0n) is 10.7. The van der Waals surface area contributed by atoms with E-state index in [1.54, 1.807) is 0 Å². The van der Waals surface area contributed by atoms with Crippen LogP contribution in [0.4, 0.5) is 0 Å². The SMILES string of the molecule is Cc1nnc(CNC2CC2)n1C1CCCCC1. The number of aromatic nitrogens is 3. The van der Waals surface area contributed by atoms with Crippen LogP contribution >= 0.6 is 0 Å². The second-order valence-corrected chi connectivity index (χ2v) is 5.48. The quantitative estimate of drug-likeness (QED) is 0.869. The van der Waals surface area contributed by atoms with E-state index in [0.717, 1.165) is 24.2 Å². The number of rotatable bonds is 4. The molecule has 2 saturated carbocycles. The zero-order chi connectivity index (χ0) is 11.7. The number of aryl methyl sites for hydroxylation is 1. The summed E-state index contributed by atoms with van der Waals surface area (Å²) in [6.07, 6.45) is 9.38. The highest BCUT2D eigenvalue weighted by Crippen LogP contribution is 2.30. The Morgan fingerprint density at radius 1 is 1.12 bits per heavy atom. The molecule has 0 radical (unpaired) electrons. The van der Waals surface area contributed by atoms with Crippen molar-refractivity contribution in [3.63, 3.8) is 0 Å². The summed E-state index contributed by atoms with van der Waals surface area (Å²) in [5.74, 6) is 2.23. The van der Waals surface area contributed by atoms with Gasteiger partial charge in [0.15, 0.2) is 0 Å². The Kier molecular flexibility index (Phi) is 3.14. The average molecular weight is 234 g/mol. The Hall–Kier alpha value is -0.900. The lowest BCUT2D eigenvalue weighted by Crippen LogP contribution is -2.22. The van der Waals surface area contributed by atoms with Gasteiger partial charge in [-0.3, -0.25) is 0 Å². The first-order valence-corrected chi connectivity index (χ1v) is 6.98. The molecule has 0 aliphatic heterocycles. The van der Waals surface area contributed by atoms with Gasteiger partial charge >= 0.3 is 0 Å². The molecule has 0 spiro atoms. The van der Waals surface area contributed by atoms with Crippen LogP contribution in [-0.2, 0) is 6.54 Å². The predicted molar refractivity (Wildman–Crippen MR) is 66.7 cm³/mol. The van der Waals surface area contributed by atoms with Crippen molar-refractivity contribution in [1.29, 1.82) is 0 Å². The van der Waals surface area contributed by atoms with Gasteiger partial charge in [-0.05, 0) is 32.6 Å². The number of hydrogen-bond acceptors (Lipinski definition) is 3. The van der Waals surface area contributed by atoms with Crippen LogP contribution in [0.15, 0.2) is 0 Å². The monoisotopic (exact) mass is 234 g/mol. The van der Waals surface area contributed by atoms with E-state index in [4.69, 9.17) is 0 Å². The fourth-order valence-electron chi connectivity index (χ4n) is 2.87. The van der Waals surface area contributed by atoms with Gasteiger partial charge < -0.3 is 9.88 Å². The van der Waals surface area contributed by atoms with Crippen molar-refractivity contribution in [2.75, 3.05) is 0 Å². The Balaban J connectivity index is 1.72. The van der Waals surface area contributed by atoms with Gasteiger partial charge in [-0.15, -0.1) is 10.2 Å². The molecule has 17 heavy (non-hydrogen) atoms. The molecular formula is C13H22N4. The van der Waals surface area contributed by atoms with E-state index in [0.29, 0.717) is 6.04 Å². The molecule has 1 aromatic heterocycles. The number of nitrogens with one attached hydrogen (secondary N) is 1. The highest BCUT2D eigenvalue weighted by molar-refractivity contribution is 4.99. The molecule has 0 saturated heterocycles. The molecule has 4 heteroatoms. The maximum atomic E-state index is 4.34. The van der Waals surface area contributed by atoms with Gasteiger partial charge in [0.1, 0.15) is 11.6 Å². The van der Waals surface area contributed by atoms with E-state index in [1.165, 1.54) is 44.9 Å². The molecule has 0 atom stereocenters. The van der Waals surface area contributed by atoms with E-state index in [2.05, 4.69) is 27.0 Å². The van der Waals surface area contributed by atoms with Crippen LogP contribution in [0.25, 0.3) is 0 Å². The zero-order valence-corrected chi connectivity index (χ0v) is 10.7. The highest BCUT2D eigenvalue weighted by atomic mass is 15.3. The van der Waals surface area contributed by atoms with Gasteiger partial charge in [-0.25, -0.2) is 0 Å². The van der Waals surface area contributed by atoms with Gasteiger partial charge in [-0.1, -0.05) is 19.3 Å². The normalized spacial score (nSPS) is 21.9. The van der Waals surface area contributed by atoms with Crippen LogP contribution in [0.5, 0.6) is 0 Å². The van der Waals surface area contributed by atoms with Crippen molar-refractivity contribution >= 4 is 0 Å². The first-order chi connectivity index (χ1) is 8.34. The fraction of sp³-hybridized carbons (Fsp3) is 0.846. The highest BCUT2D eigenvalue weighted by Gasteiger charge is 2.24. The summed E-state index contributed by atoms with van der Waals surface area (Å²) in [7, 11) is 0. The Morgan fingerprint density at radius 2 is 1.88 bits per heavy atom. The first kappa shape index (κ1) is 11.2. The number of nitrogens with zero attached hydrogens (tertiary/aromatic N) is 3. The van der Waals surface area contributed by atoms with Crippen molar-refractivity contribution in [2.45, 2.75) is 70.5 Å². The van der Waals surface area contributed by atoms with E-state index in [1.807, 2.05) is 0 Å². The van der Waals surface area contributed by atoms with Crippen molar-refractivity contribution in [3.8, 4) is 0 Å². The Bertz CT molecular complexity index is 375. The molecule has 2 aliphatic rings. The lowest BCUT2D eigenvalue weighted by molar-refractivity contribution is 0.338. The molecule has 3 rings (SSSR count). The fourth-order valence-corrected chi connectivity index (χ4v) is 2.87. The summed E-state index contributed by atoms with van der Waals surface area (Å²) in [6, 6.07) is 1.39.